The summed E-state index contributed by atoms with van der Waals surface area (Å²) in [6.45, 7) is 7.57. The van der Waals surface area contributed by atoms with Gasteiger partial charge in [-0.2, -0.15) is 4.31 Å². The summed E-state index contributed by atoms with van der Waals surface area (Å²) in [7, 11) is -3.58. The molecule has 2 aliphatic heterocycles. The Hall–Kier alpha value is -2.01. The maximum atomic E-state index is 12.7. The Labute approximate surface area is 184 Å². The minimum Gasteiger partial charge on any atom is -0.368 e. The van der Waals surface area contributed by atoms with Crippen LogP contribution < -0.4 is 5.32 Å². The first kappa shape index (κ1) is 23.6. The normalized spacial score (nSPS) is 20.2. The molecule has 172 valence electrons. The highest BCUT2D eigenvalue weighted by atomic mass is 32.2. The van der Waals surface area contributed by atoms with Crippen molar-refractivity contribution >= 4 is 27.5 Å². The molecule has 2 fully saturated rings. The highest BCUT2D eigenvalue weighted by Crippen LogP contribution is 2.20. The standard InChI is InChI=1S/C21H32N4O5S/c1-3-25(4-2)31(28,29)18-8-5-7-17(15-18)22-20(26)16-23-10-12-24(13-11-23)21(27)19-9-6-14-30-19/h5,7-8,15,19H,3-4,6,9-14,16H2,1-2H3,(H,22,26). The Kier molecular flexibility index (Phi) is 8.04. The van der Waals surface area contributed by atoms with Crippen LogP contribution in [0.5, 0.6) is 0 Å². The van der Waals surface area contributed by atoms with Crippen molar-refractivity contribution in [3.63, 3.8) is 0 Å². The van der Waals surface area contributed by atoms with Crippen LogP contribution in [-0.4, -0.2) is 92.9 Å². The number of nitrogens with one attached hydrogen (secondary N) is 1. The number of rotatable bonds is 8. The van der Waals surface area contributed by atoms with Gasteiger partial charge in [0.05, 0.1) is 11.4 Å². The lowest BCUT2D eigenvalue weighted by molar-refractivity contribution is -0.142. The van der Waals surface area contributed by atoms with Crippen molar-refractivity contribution in [3.8, 4) is 0 Å². The molecule has 0 aliphatic carbocycles. The van der Waals surface area contributed by atoms with Crippen LogP contribution in [0.2, 0.25) is 0 Å². The fraction of sp³-hybridized carbons (Fsp3) is 0.619. The Balaban J connectivity index is 1.52. The number of benzene rings is 1. The van der Waals surface area contributed by atoms with Gasteiger partial charge in [0.15, 0.2) is 0 Å². The molecule has 10 heteroatoms. The van der Waals surface area contributed by atoms with Crippen molar-refractivity contribution in [1.29, 1.82) is 0 Å². The number of carbonyl (C=O) groups is 2. The van der Waals surface area contributed by atoms with E-state index in [2.05, 4.69) is 5.32 Å². The van der Waals surface area contributed by atoms with Crippen LogP contribution in [-0.2, 0) is 24.3 Å². The SMILES string of the molecule is CCN(CC)S(=O)(=O)c1cccc(NC(=O)CN2CCN(C(=O)C3CCCO3)CC2)c1. The number of anilines is 1. The first-order valence-electron chi connectivity index (χ1n) is 10.9. The van der Waals surface area contributed by atoms with E-state index in [1.807, 2.05) is 9.80 Å². The topological polar surface area (TPSA) is 99.3 Å². The second-order valence-electron chi connectivity index (χ2n) is 7.77. The van der Waals surface area contributed by atoms with E-state index in [4.69, 9.17) is 4.74 Å². The number of ether oxygens (including phenoxy) is 1. The molecular formula is C21H32N4O5S. The van der Waals surface area contributed by atoms with Crippen LogP contribution in [0.4, 0.5) is 5.69 Å². The minimum atomic E-state index is -3.58. The van der Waals surface area contributed by atoms with Crippen LogP contribution in [0.15, 0.2) is 29.2 Å². The molecule has 2 aliphatic rings. The van der Waals surface area contributed by atoms with Gasteiger partial charge in [-0.05, 0) is 31.0 Å². The van der Waals surface area contributed by atoms with E-state index in [-0.39, 0.29) is 29.4 Å². The predicted molar refractivity (Wildman–Crippen MR) is 117 cm³/mol. The van der Waals surface area contributed by atoms with Gasteiger partial charge in [0, 0.05) is 51.6 Å². The van der Waals surface area contributed by atoms with Gasteiger partial charge in [0.2, 0.25) is 15.9 Å². The fourth-order valence-corrected chi connectivity index (χ4v) is 5.46. The Bertz CT molecular complexity index is 874. The summed E-state index contributed by atoms with van der Waals surface area (Å²) in [6.07, 6.45) is 1.40. The van der Waals surface area contributed by atoms with Gasteiger partial charge in [-0.3, -0.25) is 14.5 Å². The van der Waals surface area contributed by atoms with E-state index in [9.17, 15) is 18.0 Å². The van der Waals surface area contributed by atoms with Crippen molar-refractivity contribution < 1.29 is 22.7 Å². The average molecular weight is 453 g/mol. The number of hydrogen-bond acceptors (Lipinski definition) is 6. The third kappa shape index (κ3) is 5.82. The van der Waals surface area contributed by atoms with Gasteiger partial charge in [0.1, 0.15) is 6.10 Å². The molecule has 1 unspecified atom stereocenters. The molecule has 2 saturated heterocycles. The molecule has 1 atom stereocenters. The molecular weight excluding hydrogens is 420 g/mol. The lowest BCUT2D eigenvalue weighted by Crippen LogP contribution is -2.52. The van der Waals surface area contributed by atoms with Crippen LogP contribution in [0.3, 0.4) is 0 Å². The summed E-state index contributed by atoms with van der Waals surface area (Å²) in [5, 5.41) is 2.79. The van der Waals surface area contributed by atoms with Gasteiger partial charge in [-0.1, -0.05) is 19.9 Å². The van der Waals surface area contributed by atoms with Gasteiger partial charge in [0.25, 0.3) is 5.91 Å². The zero-order valence-electron chi connectivity index (χ0n) is 18.2. The van der Waals surface area contributed by atoms with Gasteiger partial charge >= 0.3 is 0 Å². The number of piperazine rings is 1. The first-order valence-corrected chi connectivity index (χ1v) is 12.3. The molecule has 0 spiro atoms. The molecule has 0 saturated carbocycles. The Morgan fingerprint density at radius 1 is 1.16 bits per heavy atom. The highest BCUT2D eigenvalue weighted by Gasteiger charge is 2.30. The van der Waals surface area contributed by atoms with Gasteiger partial charge in [-0.25, -0.2) is 8.42 Å². The monoisotopic (exact) mass is 452 g/mol. The van der Waals surface area contributed by atoms with E-state index in [1.165, 1.54) is 16.4 Å². The molecule has 1 aromatic rings. The summed E-state index contributed by atoms with van der Waals surface area (Å²) in [6, 6.07) is 6.33. The number of nitrogens with zero attached hydrogens (tertiary/aromatic N) is 3. The van der Waals surface area contributed by atoms with E-state index in [1.54, 1.807) is 26.0 Å². The number of amides is 2. The van der Waals surface area contributed by atoms with Crippen molar-refractivity contribution in [1.82, 2.24) is 14.1 Å². The van der Waals surface area contributed by atoms with E-state index in [0.717, 1.165) is 12.8 Å². The second kappa shape index (κ2) is 10.5. The molecule has 0 radical (unpaired) electrons. The number of hydrogen-bond donors (Lipinski definition) is 1. The number of carbonyl (C=O) groups excluding carboxylic acids is 2. The Morgan fingerprint density at radius 3 is 2.48 bits per heavy atom. The van der Waals surface area contributed by atoms with Crippen LogP contribution in [0.25, 0.3) is 0 Å². The van der Waals surface area contributed by atoms with E-state index < -0.39 is 10.0 Å². The maximum Gasteiger partial charge on any atom is 0.251 e. The largest absolute Gasteiger partial charge is 0.368 e. The molecule has 9 nitrogen and oxygen atoms in total. The van der Waals surface area contributed by atoms with Crippen molar-refractivity contribution in [2.45, 2.75) is 37.7 Å². The summed E-state index contributed by atoms with van der Waals surface area (Å²) in [5.74, 6) is -0.163. The third-order valence-corrected chi connectivity index (χ3v) is 7.76. The third-order valence-electron chi connectivity index (χ3n) is 5.72. The summed E-state index contributed by atoms with van der Waals surface area (Å²) < 4.78 is 32.2. The predicted octanol–water partition coefficient (Wildman–Crippen LogP) is 0.979. The van der Waals surface area contributed by atoms with Crippen LogP contribution in [0, 0.1) is 0 Å². The average Bonchev–Trinajstić information content (AvgIpc) is 3.29. The summed E-state index contributed by atoms with van der Waals surface area (Å²) in [4.78, 5) is 28.9. The van der Waals surface area contributed by atoms with Crippen molar-refractivity contribution in [2.24, 2.45) is 0 Å². The Morgan fingerprint density at radius 2 is 1.87 bits per heavy atom. The smallest absolute Gasteiger partial charge is 0.251 e. The molecule has 31 heavy (non-hydrogen) atoms. The zero-order valence-corrected chi connectivity index (χ0v) is 19.1. The molecule has 1 N–H and O–H groups in total. The molecule has 1 aromatic carbocycles. The summed E-state index contributed by atoms with van der Waals surface area (Å²) >= 11 is 0. The summed E-state index contributed by atoms with van der Waals surface area (Å²) in [5.41, 5.74) is 0.449. The molecule has 0 bridgehead atoms. The first-order chi connectivity index (χ1) is 14.8. The zero-order chi connectivity index (χ0) is 22.4. The van der Waals surface area contributed by atoms with Crippen LogP contribution >= 0.6 is 0 Å². The molecule has 0 aromatic heterocycles. The molecule has 2 heterocycles. The van der Waals surface area contributed by atoms with Gasteiger partial charge < -0.3 is 15.0 Å². The van der Waals surface area contributed by atoms with Crippen molar-refractivity contribution in [2.75, 3.05) is 57.7 Å². The fourth-order valence-electron chi connectivity index (χ4n) is 3.95. The van der Waals surface area contributed by atoms with Gasteiger partial charge in [-0.15, -0.1) is 0 Å². The van der Waals surface area contributed by atoms with Crippen LogP contribution in [0.1, 0.15) is 26.7 Å². The minimum absolute atomic E-state index is 0.0489. The molecule has 2 amide bonds. The maximum absolute atomic E-state index is 12.7. The van der Waals surface area contributed by atoms with E-state index >= 15 is 0 Å². The van der Waals surface area contributed by atoms with E-state index in [0.29, 0.717) is 51.6 Å². The lowest BCUT2D eigenvalue weighted by atomic mass is 10.2. The highest BCUT2D eigenvalue weighted by molar-refractivity contribution is 7.89. The quantitative estimate of drug-likeness (QED) is 0.631. The lowest BCUT2D eigenvalue weighted by Gasteiger charge is -2.35. The van der Waals surface area contributed by atoms with Crippen molar-refractivity contribution in [3.05, 3.63) is 24.3 Å². The second-order valence-corrected chi connectivity index (χ2v) is 9.71. The molecule has 3 rings (SSSR count). The number of sulfonamides is 1.